The number of carbonyl (C=O) groups excluding carboxylic acids is 1. The first-order valence-corrected chi connectivity index (χ1v) is 12.5. The van der Waals surface area contributed by atoms with E-state index in [-0.39, 0.29) is 19.8 Å². The first-order valence-electron chi connectivity index (χ1n) is 12.5. The molecule has 3 aromatic carbocycles. The Labute approximate surface area is 221 Å². The number of benzene rings is 3. The van der Waals surface area contributed by atoms with Gasteiger partial charge >= 0.3 is 0 Å². The van der Waals surface area contributed by atoms with Gasteiger partial charge in [0.15, 0.2) is 6.10 Å². The molecule has 5 atom stereocenters. The van der Waals surface area contributed by atoms with E-state index in [9.17, 15) is 14.9 Å². The highest BCUT2D eigenvalue weighted by Gasteiger charge is 2.54. The van der Waals surface area contributed by atoms with Crippen LogP contribution in [0.1, 0.15) is 23.6 Å². The predicted octanol–water partition coefficient (Wildman–Crippen LogP) is 3.88. The number of hydrogen-bond donors (Lipinski definition) is 1. The first-order chi connectivity index (χ1) is 18.5. The van der Waals surface area contributed by atoms with E-state index < -0.39 is 41.4 Å². The summed E-state index contributed by atoms with van der Waals surface area (Å²) in [6, 6.07) is 27.2. The molecule has 9 nitrogen and oxygen atoms in total. The van der Waals surface area contributed by atoms with Crippen molar-refractivity contribution in [3.8, 4) is 0 Å². The fourth-order valence-electron chi connectivity index (χ4n) is 4.40. The van der Waals surface area contributed by atoms with Crippen LogP contribution in [0.25, 0.3) is 0 Å². The lowest BCUT2D eigenvalue weighted by Crippen LogP contribution is -2.66. The van der Waals surface area contributed by atoms with E-state index in [1.54, 1.807) is 0 Å². The third-order valence-corrected chi connectivity index (χ3v) is 6.21. The molecule has 1 aliphatic rings. The number of carbonyl (C=O) groups is 1. The quantitative estimate of drug-likeness (QED) is 0.285. The average Bonchev–Trinajstić information content (AvgIpc) is 2.92. The molecular weight excluding hydrogens is 488 g/mol. The Balaban J connectivity index is 1.59. The zero-order valence-corrected chi connectivity index (χ0v) is 21.2. The van der Waals surface area contributed by atoms with E-state index in [1.165, 1.54) is 6.92 Å². The van der Waals surface area contributed by atoms with Crippen LogP contribution in [-0.2, 0) is 43.6 Å². The molecule has 3 aromatic rings. The van der Waals surface area contributed by atoms with Crippen LogP contribution in [0, 0.1) is 10.1 Å². The van der Waals surface area contributed by atoms with E-state index in [0.29, 0.717) is 6.61 Å². The summed E-state index contributed by atoms with van der Waals surface area (Å²) >= 11 is 0. The van der Waals surface area contributed by atoms with Gasteiger partial charge in [0.25, 0.3) is 6.04 Å². The van der Waals surface area contributed by atoms with E-state index in [2.05, 4.69) is 5.32 Å². The first kappa shape index (κ1) is 27.4. The van der Waals surface area contributed by atoms with Crippen LogP contribution in [0.2, 0.25) is 0 Å². The smallest absolute Gasteiger partial charge is 0.285 e. The van der Waals surface area contributed by atoms with Crippen molar-refractivity contribution in [1.29, 1.82) is 0 Å². The Morgan fingerprint density at radius 3 is 1.76 bits per heavy atom. The molecule has 1 N–H and O–H groups in total. The monoisotopic (exact) mass is 520 g/mol. The normalized spacial score (nSPS) is 23.0. The molecule has 0 bridgehead atoms. The van der Waals surface area contributed by atoms with Crippen LogP contribution in [0.4, 0.5) is 0 Å². The molecule has 0 spiro atoms. The third-order valence-electron chi connectivity index (χ3n) is 6.21. The van der Waals surface area contributed by atoms with Gasteiger partial charge in [0.05, 0.1) is 26.4 Å². The second kappa shape index (κ2) is 13.8. The number of nitro groups is 1. The van der Waals surface area contributed by atoms with Crippen molar-refractivity contribution < 1.29 is 28.7 Å². The zero-order chi connectivity index (χ0) is 26.7. The number of hydrogen-bond acceptors (Lipinski definition) is 7. The molecule has 9 heteroatoms. The molecule has 0 unspecified atom stereocenters. The second-order valence-corrected chi connectivity index (χ2v) is 9.09. The second-order valence-electron chi connectivity index (χ2n) is 9.09. The topological polar surface area (TPSA) is 109 Å². The maximum absolute atomic E-state index is 12.3. The van der Waals surface area contributed by atoms with Crippen LogP contribution in [0.5, 0.6) is 0 Å². The van der Waals surface area contributed by atoms with Crippen molar-refractivity contribution in [2.24, 2.45) is 0 Å². The van der Waals surface area contributed by atoms with E-state index in [4.69, 9.17) is 18.9 Å². The standard InChI is InChI=1S/C29H32N2O7/c1-21(32)30-29-26(31(33)34)28(37-19-24-15-9-4-10-16-24)27(36-18-23-13-7-3-8-14-23)25(38-29)20-35-17-22-11-5-2-6-12-22/h2-16,25-29H,17-20H2,1H3,(H,30,32)/t25-,26-,27+,28-,29+/m1/s1. The minimum atomic E-state index is -1.39. The van der Waals surface area contributed by atoms with Gasteiger partial charge in [0.1, 0.15) is 12.2 Å². The minimum absolute atomic E-state index is 0.0834. The maximum atomic E-state index is 12.3. The third kappa shape index (κ3) is 7.69. The molecule has 0 aliphatic carbocycles. The number of nitrogens with zero attached hydrogens (tertiary/aromatic N) is 1. The number of ether oxygens (including phenoxy) is 4. The van der Waals surface area contributed by atoms with E-state index >= 15 is 0 Å². The fourth-order valence-corrected chi connectivity index (χ4v) is 4.40. The number of amides is 1. The highest BCUT2D eigenvalue weighted by Crippen LogP contribution is 2.29. The summed E-state index contributed by atoms with van der Waals surface area (Å²) in [5, 5.41) is 14.9. The lowest BCUT2D eigenvalue weighted by molar-refractivity contribution is -0.562. The van der Waals surface area contributed by atoms with Crippen molar-refractivity contribution in [3.05, 3.63) is 118 Å². The van der Waals surface area contributed by atoms with Gasteiger partial charge < -0.3 is 24.3 Å². The molecule has 1 amide bonds. The van der Waals surface area contributed by atoms with Gasteiger partial charge in [-0.1, -0.05) is 91.0 Å². The lowest BCUT2D eigenvalue weighted by Gasteiger charge is -2.42. The molecule has 0 saturated carbocycles. The van der Waals surface area contributed by atoms with Crippen LogP contribution in [0.3, 0.4) is 0 Å². The molecule has 200 valence electrons. The molecule has 1 heterocycles. The molecule has 0 radical (unpaired) electrons. The highest BCUT2D eigenvalue weighted by atomic mass is 16.7. The molecule has 1 saturated heterocycles. The Hall–Kier alpha value is -3.63. The summed E-state index contributed by atoms with van der Waals surface area (Å²) in [6.07, 6.45) is -3.82. The van der Waals surface area contributed by atoms with Crippen molar-refractivity contribution in [3.63, 3.8) is 0 Å². The van der Waals surface area contributed by atoms with Crippen LogP contribution in [0.15, 0.2) is 91.0 Å². The van der Waals surface area contributed by atoms with Gasteiger partial charge in [-0.2, -0.15) is 0 Å². The van der Waals surface area contributed by atoms with Crippen molar-refractivity contribution in [1.82, 2.24) is 5.32 Å². The van der Waals surface area contributed by atoms with Crippen molar-refractivity contribution in [2.75, 3.05) is 6.61 Å². The van der Waals surface area contributed by atoms with Gasteiger partial charge in [-0.05, 0) is 16.7 Å². The molecule has 1 fully saturated rings. The van der Waals surface area contributed by atoms with Gasteiger partial charge in [0.2, 0.25) is 12.1 Å². The summed E-state index contributed by atoms with van der Waals surface area (Å²) in [4.78, 5) is 23.8. The summed E-state index contributed by atoms with van der Waals surface area (Å²) in [5.41, 5.74) is 2.74. The van der Waals surface area contributed by atoms with Crippen molar-refractivity contribution >= 4 is 5.91 Å². The van der Waals surface area contributed by atoms with Gasteiger partial charge in [0, 0.05) is 11.8 Å². The van der Waals surface area contributed by atoms with Crippen molar-refractivity contribution in [2.45, 2.75) is 57.3 Å². The number of nitrogens with one attached hydrogen (secondary N) is 1. The minimum Gasteiger partial charge on any atom is -0.374 e. The molecule has 38 heavy (non-hydrogen) atoms. The fraction of sp³-hybridized carbons (Fsp3) is 0.345. The largest absolute Gasteiger partial charge is 0.374 e. The summed E-state index contributed by atoms with van der Waals surface area (Å²) in [7, 11) is 0. The highest BCUT2D eigenvalue weighted by molar-refractivity contribution is 5.73. The lowest BCUT2D eigenvalue weighted by atomic mass is 9.95. The van der Waals surface area contributed by atoms with E-state index in [1.807, 2.05) is 91.0 Å². The molecule has 4 rings (SSSR count). The van der Waals surface area contributed by atoms with Crippen LogP contribution < -0.4 is 5.32 Å². The molecule has 0 aromatic heterocycles. The molecule has 1 aliphatic heterocycles. The molecular formula is C29H32N2O7. The Bertz CT molecular complexity index is 1150. The number of rotatable bonds is 12. The average molecular weight is 521 g/mol. The van der Waals surface area contributed by atoms with Gasteiger partial charge in [-0.25, -0.2) is 0 Å². The van der Waals surface area contributed by atoms with E-state index in [0.717, 1.165) is 16.7 Å². The Kier molecular flexibility index (Phi) is 9.94. The summed E-state index contributed by atoms with van der Waals surface area (Å²) in [6.45, 7) is 2.03. The maximum Gasteiger partial charge on any atom is 0.285 e. The van der Waals surface area contributed by atoms with Gasteiger partial charge in [-0.15, -0.1) is 0 Å². The van der Waals surface area contributed by atoms with Gasteiger partial charge in [-0.3, -0.25) is 14.9 Å². The van der Waals surface area contributed by atoms with Crippen LogP contribution >= 0.6 is 0 Å². The van der Waals surface area contributed by atoms with Crippen LogP contribution in [-0.4, -0.2) is 48.0 Å². The Morgan fingerprint density at radius 1 is 0.816 bits per heavy atom. The zero-order valence-electron chi connectivity index (χ0n) is 21.2. The summed E-state index contributed by atoms with van der Waals surface area (Å²) in [5.74, 6) is -0.448. The SMILES string of the molecule is CC(=O)N[C@H]1O[C@H](COCc2ccccc2)[C@H](OCc2ccccc2)[C@H](OCc2ccccc2)[C@H]1[N+](=O)[O-]. The Morgan fingerprint density at radius 2 is 1.29 bits per heavy atom. The predicted molar refractivity (Wildman–Crippen MR) is 139 cm³/mol. The summed E-state index contributed by atoms with van der Waals surface area (Å²) < 4.78 is 24.5.